The first-order valence-corrected chi connectivity index (χ1v) is 9.38. The lowest BCUT2D eigenvalue weighted by molar-refractivity contribution is -0.227. The van der Waals surface area contributed by atoms with Crippen LogP contribution < -0.4 is 10.6 Å². The molecule has 1 aromatic rings. The smallest absolute Gasteiger partial charge is 0.303 e. The van der Waals surface area contributed by atoms with Crippen molar-refractivity contribution in [3.05, 3.63) is 35.9 Å². The predicted octanol–water partition coefficient (Wildman–Crippen LogP) is 0.802. The fourth-order valence-electron chi connectivity index (χ4n) is 2.82. The zero-order valence-corrected chi connectivity index (χ0v) is 17.2. The van der Waals surface area contributed by atoms with Crippen LogP contribution in [-0.4, -0.2) is 54.2 Å². The van der Waals surface area contributed by atoms with E-state index in [9.17, 15) is 14.4 Å². The van der Waals surface area contributed by atoms with E-state index in [1.54, 1.807) is 0 Å². The molecule has 29 heavy (non-hydrogen) atoms. The zero-order chi connectivity index (χ0) is 21.4. The molecule has 0 aliphatic carbocycles. The van der Waals surface area contributed by atoms with Crippen LogP contribution in [0, 0.1) is 0 Å². The van der Waals surface area contributed by atoms with Gasteiger partial charge >= 0.3 is 17.9 Å². The van der Waals surface area contributed by atoms with Gasteiger partial charge in [0.05, 0.1) is 6.61 Å². The minimum atomic E-state index is -1.08. The van der Waals surface area contributed by atoms with Gasteiger partial charge in [-0.1, -0.05) is 30.3 Å². The first-order valence-electron chi connectivity index (χ1n) is 8.98. The van der Waals surface area contributed by atoms with Crippen molar-refractivity contribution in [1.82, 2.24) is 10.6 Å². The van der Waals surface area contributed by atoms with Crippen LogP contribution in [0.3, 0.4) is 0 Å². The third kappa shape index (κ3) is 7.31. The van der Waals surface area contributed by atoms with Gasteiger partial charge in [-0.25, -0.2) is 0 Å². The van der Waals surface area contributed by atoms with Crippen LogP contribution in [0.15, 0.2) is 30.3 Å². The van der Waals surface area contributed by atoms with Crippen LogP contribution in [0.2, 0.25) is 0 Å². The minimum absolute atomic E-state index is 0.0751. The zero-order valence-electron chi connectivity index (χ0n) is 16.4. The van der Waals surface area contributed by atoms with Crippen LogP contribution in [0.25, 0.3) is 0 Å². The molecule has 10 heteroatoms. The number of ether oxygens (including phenoxy) is 4. The molecule has 1 aliphatic heterocycles. The molecule has 9 nitrogen and oxygen atoms in total. The van der Waals surface area contributed by atoms with E-state index in [4.69, 9.17) is 31.2 Å². The van der Waals surface area contributed by atoms with Crippen molar-refractivity contribution in [1.29, 1.82) is 0 Å². The van der Waals surface area contributed by atoms with Gasteiger partial charge in [0, 0.05) is 27.3 Å². The third-order valence-electron chi connectivity index (χ3n) is 3.92. The molecular formula is C19H24N2O7S. The highest BCUT2D eigenvalue weighted by atomic mass is 32.1. The molecular weight excluding hydrogens is 400 g/mol. The summed E-state index contributed by atoms with van der Waals surface area (Å²) in [5.74, 6) is -1.81. The van der Waals surface area contributed by atoms with Gasteiger partial charge < -0.3 is 29.6 Å². The van der Waals surface area contributed by atoms with Gasteiger partial charge in [-0.15, -0.1) is 0 Å². The molecule has 2 rings (SSSR count). The van der Waals surface area contributed by atoms with Crippen molar-refractivity contribution in [3.63, 3.8) is 0 Å². The molecule has 0 spiro atoms. The van der Waals surface area contributed by atoms with Crippen molar-refractivity contribution >= 4 is 35.2 Å². The van der Waals surface area contributed by atoms with E-state index in [2.05, 4.69) is 10.6 Å². The van der Waals surface area contributed by atoms with Gasteiger partial charge in [0.25, 0.3) is 0 Å². The Morgan fingerprint density at radius 1 is 1.00 bits per heavy atom. The molecule has 2 N–H and O–H groups in total. The Morgan fingerprint density at radius 2 is 1.59 bits per heavy atom. The van der Waals surface area contributed by atoms with E-state index in [1.807, 2.05) is 30.3 Å². The van der Waals surface area contributed by atoms with Gasteiger partial charge in [0.15, 0.2) is 29.7 Å². The summed E-state index contributed by atoms with van der Waals surface area (Å²) >= 11 is 5.29. The maximum absolute atomic E-state index is 11.6. The number of hydrogen-bond acceptors (Lipinski definition) is 8. The van der Waals surface area contributed by atoms with E-state index in [0.717, 1.165) is 5.56 Å². The quantitative estimate of drug-likeness (QED) is 0.386. The van der Waals surface area contributed by atoms with Crippen LogP contribution in [0.4, 0.5) is 0 Å². The lowest BCUT2D eigenvalue weighted by atomic mass is 10.0. The number of nitrogens with one attached hydrogen (secondary N) is 2. The molecule has 0 radical (unpaired) electrons. The Hall–Kier alpha value is -2.72. The van der Waals surface area contributed by atoms with Crippen molar-refractivity contribution in [2.24, 2.45) is 0 Å². The minimum Gasteiger partial charge on any atom is -0.456 e. The Labute approximate surface area is 174 Å². The molecule has 0 amide bonds. The van der Waals surface area contributed by atoms with Gasteiger partial charge in [0.1, 0.15) is 0 Å². The van der Waals surface area contributed by atoms with Crippen molar-refractivity contribution in [2.75, 3.05) is 6.61 Å². The fraction of sp³-hybridized carbons (Fsp3) is 0.474. The summed E-state index contributed by atoms with van der Waals surface area (Å²) in [6, 6.07) is 9.61. The molecule has 0 saturated carbocycles. The standard InChI is InChI=1S/C19H24N2O7S/c1-11(22)26-15-10-25-18(17(28-13(3)24)16(15)27-12(2)23)21-19(29)20-9-14-7-5-4-6-8-14/h4-8,15-18H,9-10H2,1-3H3,(H2,20,21,29)/t15-,16+,17-,18-/m1/s1. The Balaban J connectivity index is 2.09. The van der Waals surface area contributed by atoms with Gasteiger partial charge in [0.2, 0.25) is 0 Å². The summed E-state index contributed by atoms with van der Waals surface area (Å²) in [6.07, 6.45) is -3.97. The number of carbonyl (C=O) groups excluding carboxylic acids is 3. The molecule has 1 aromatic carbocycles. The summed E-state index contributed by atoms with van der Waals surface area (Å²) in [6.45, 7) is 4.04. The second kappa shape index (κ2) is 10.7. The van der Waals surface area contributed by atoms with Crippen molar-refractivity contribution < 1.29 is 33.3 Å². The molecule has 158 valence electrons. The van der Waals surface area contributed by atoms with Crippen LogP contribution in [0.1, 0.15) is 26.3 Å². The Kier molecular flexibility index (Phi) is 8.34. The molecule has 1 aliphatic rings. The lowest BCUT2D eigenvalue weighted by Crippen LogP contribution is -2.63. The predicted molar refractivity (Wildman–Crippen MR) is 105 cm³/mol. The summed E-state index contributed by atoms with van der Waals surface area (Å²) < 4.78 is 21.4. The lowest BCUT2D eigenvalue weighted by Gasteiger charge is -2.40. The number of benzene rings is 1. The average molecular weight is 424 g/mol. The first kappa shape index (κ1) is 22.6. The van der Waals surface area contributed by atoms with Crippen LogP contribution in [-0.2, 0) is 39.9 Å². The Morgan fingerprint density at radius 3 is 2.17 bits per heavy atom. The van der Waals surface area contributed by atoms with E-state index in [0.29, 0.717) is 6.54 Å². The molecule has 4 atom stereocenters. The third-order valence-corrected chi connectivity index (χ3v) is 4.18. The van der Waals surface area contributed by atoms with E-state index >= 15 is 0 Å². The average Bonchev–Trinajstić information content (AvgIpc) is 2.64. The summed E-state index contributed by atoms with van der Waals surface area (Å²) in [7, 11) is 0. The SMILES string of the molecule is CC(=O)O[C@@H]1[C@@H](OC(C)=O)[C@H](OC(C)=O)CO[C@H]1NC(=S)NCc1ccccc1. The number of hydrogen-bond donors (Lipinski definition) is 2. The summed E-state index contributed by atoms with van der Waals surface area (Å²) in [5.41, 5.74) is 1.02. The molecule has 1 saturated heterocycles. The largest absolute Gasteiger partial charge is 0.456 e. The molecule has 0 aromatic heterocycles. The van der Waals surface area contributed by atoms with Gasteiger partial charge in [-0.05, 0) is 17.8 Å². The maximum Gasteiger partial charge on any atom is 0.303 e. The van der Waals surface area contributed by atoms with Crippen molar-refractivity contribution in [3.8, 4) is 0 Å². The Bertz CT molecular complexity index is 743. The normalized spacial score (nSPS) is 23.4. The fourth-order valence-corrected chi connectivity index (χ4v) is 3.01. The molecule has 0 unspecified atom stereocenters. The van der Waals surface area contributed by atoms with Gasteiger partial charge in [-0.3, -0.25) is 14.4 Å². The number of thiocarbonyl (C=S) groups is 1. The highest BCUT2D eigenvalue weighted by molar-refractivity contribution is 7.80. The van der Waals surface area contributed by atoms with Crippen LogP contribution >= 0.6 is 12.2 Å². The highest BCUT2D eigenvalue weighted by Gasteiger charge is 2.47. The van der Waals surface area contributed by atoms with Crippen LogP contribution in [0.5, 0.6) is 0 Å². The van der Waals surface area contributed by atoms with E-state index in [-0.39, 0.29) is 11.7 Å². The summed E-state index contributed by atoms with van der Waals surface area (Å²) in [4.78, 5) is 34.6. The molecule has 0 bridgehead atoms. The number of carbonyl (C=O) groups is 3. The second-order valence-corrected chi connectivity index (χ2v) is 6.77. The number of esters is 3. The second-order valence-electron chi connectivity index (χ2n) is 6.36. The van der Waals surface area contributed by atoms with Crippen molar-refractivity contribution in [2.45, 2.75) is 51.9 Å². The van der Waals surface area contributed by atoms with E-state index in [1.165, 1.54) is 20.8 Å². The number of rotatable bonds is 6. The monoisotopic (exact) mass is 424 g/mol. The first-order chi connectivity index (χ1) is 13.8. The summed E-state index contributed by atoms with van der Waals surface area (Å²) in [5, 5.41) is 6.19. The maximum atomic E-state index is 11.6. The van der Waals surface area contributed by atoms with Gasteiger partial charge in [-0.2, -0.15) is 0 Å². The molecule has 1 fully saturated rings. The highest BCUT2D eigenvalue weighted by Crippen LogP contribution is 2.23. The van der Waals surface area contributed by atoms with E-state index < -0.39 is 42.4 Å². The molecule has 1 heterocycles. The topological polar surface area (TPSA) is 112 Å².